The molecule has 1 heterocycles. The van der Waals surface area contributed by atoms with E-state index < -0.39 is 9.05 Å². The lowest BCUT2D eigenvalue weighted by atomic mass is 10.1. The van der Waals surface area contributed by atoms with Crippen LogP contribution >= 0.6 is 10.7 Å². The van der Waals surface area contributed by atoms with Gasteiger partial charge < -0.3 is 9.47 Å². The molecule has 0 atom stereocenters. The minimum absolute atomic E-state index is 0.0613. The van der Waals surface area contributed by atoms with E-state index in [1.165, 1.54) is 0 Å². The average Bonchev–Trinajstić information content (AvgIpc) is 2.23. The van der Waals surface area contributed by atoms with Gasteiger partial charge in [0.25, 0.3) is 0 Å². The van der Waals surface area contributed by atoms with Gasteiger partial charge >= 0.3 is 0 Å². The van der Waals surface area contributed by atoms with Crippen LogP contribution in [-0.4, -0.2) is 40.1 Å². The highest BCUT2D eigenvalue weighted by Crippen LogP contribution is 2.11. The van der Waals surface area contributed by atoms with Gasteiger partial charge in [0.1, 0.15) is 0 Å². The van der Waals surface area contributed by atoms with Gasteiger partial charge in [0.05, 0.1) is 11.9 Å². The Labute approximate surface area is 102 Å². The van der Waals surface area contributed by atoms with Crippen molar-refractivity contribution in [2.75, 3.05) is 25.6 Å². The van der Waals surface area contributed by atoms with E-state index in [0.29, 0.717) is 19.1 Å². The van der Waals surface area contributed by atoms with Gasteiger partial charge in [-0.15, -0.1) is 0 Å². The molecule has 0 aromatic rings. The number of hydrogen-bond acceptors (Lipinski definition) is 4. The summed E-state index contributed by atoms with van der Waals surface area (Å²) in [5, 5.41) is 0. The summed E-state index contributed by atoms with van der Waals surface area (Å²) in [4.78, 5) is 0. The van der Waals surface area contributed by atoms with Gasteiger partial charge in [-0.1, -0.05) is 6.42 Å². The van der Waals surface area contributed by atoms with Crippen molar-refractivity contribution in [1.82, 2.24) is 0 Å². The summed E-state index contributed by atoms with van der Waals surface area (Å²) in [5.74, 6) is 0.0613. The van der Waals surface area contributed by atoms with E-state index >= 15 is 0 Å². The molecule has 1 fully saturated rings. The third-order valence-corrected chi connectivity index (χ3v) is 3.79. The SMILES string of the molecule is O=S(=O)(Cl)CCCCCOC1CCOCC1. The first kappa shape index (κ1) is 14.2. The topological polar surface area (TPSA) is 52.6 Å². The molecule has 96 valence electrons. The van der Waals surface area contributed by atoms with Crippen LogP contribution in [0, 0.1) is 0 Å². The molecule has 0 spiro atoms. The molecule has 0 aliphatic carbocycles. The average molecular weight is 271 g/mol. The van der Waals surface area contributed by atoms with Crippen molar-refractivity contribution in [3.05, 3.63) is 0 Å². The van der Waals surface area contributed by atoms with Crippen LogP contribution in [0.5, 0.6) is 0 Å². The van der Waals surface area contributed by atoms with E-state index in [9.17, 15) is 8.42 Å². The van der Waals surface area contributed by atoms with Gasteiger partial charge in [0.2, 0.25) is 9.05 Å². The van der Waals surface area contributed by atoms with E-state index in [-0.39, 0.29) is 5.75 Å². The summed E-state index contributed by atoms with van der Waals surface area (Å²) in [6.07, 6.45) is 4.61. The summed E-state index contributed by atoms with van der Waals surface area (Å²) in [7, 11) is 1.78. The molecule has 4 nitrogen and oxygen atoms in total. The summed E-state index contributed by atoms with van der Waals surface area (Å²) in [6, 6.07) is 0. The van der Waals surface area contributed by atoms with Crippen LogP contribution in [0.3, 0.4) is 0 Å². The molecule has 0 saturated carbocycles. The van der Waals surface area contributed by atoms with E-state index in [1.807, 2.05) is 0 Å². The lowest BCUT2D eigenvalue weighted by Crippen LogP contribution is -2.23. The lowest BCUT2D eigenvalue weighted by molar-refractivity contribution is -0.0326. The molecule has 0 N–H and O–H groups in total. The Kier molecular flexibility index (Phi) is 6.65. The van der Waals surface area contributed by atoms with E-state index in [1.54, 1.807) is 0 Å². The minimum atomic E-state index is -3.32. The molecule has 0 bridgehead atoms. The summed E-state index contributed by atoms with van der Waals surface area (Å²) in [5.41, 5.74) is 0. The van der Waals surface area contributed by atoms with Crippen molar-refractivity contribution >= 4 is 19.7 Å². The maximum Gasteiger partial charge on any atom is 0.232 e. The largest absolute Gasteiger partial charge is 0.381 e. The molecule has 1 rings (SSSR count). The van der Waals surface area contributed by atoms with Crippen molar-refractivity contribution < 1.29 is 17.9 Å². The Hall–Kier alpha value is 0.160. The van der Waals surface area contributed by atoms with Crippen LogP contribution in [0.15, 0.2) is 0 Å². The van der Waals surface area contributed by atoms with Gasteiger partial charge in [0.15, 0.2) is 0 Å². The molecule has 0 unspecified atom stereocenters. The third kappa shape index (κ3) is 7.44. The third-order valence-electron chi connectivity index (χ3n) is 2.55. The predicted octanol–water partition coefficient (Wildman–Crippen LogP) is 1.92. The molecular weight excluding hydrogens is 252 g/mol. The van der Waals surface area contributed by atoms with Crippen LogP contribution < -0.4 is 0 Å². The van der Waals surface area contributed by atoms with Crippen molar-refractivity contribution in [2.24, 2.45) is 0 Å². The maximum absolute atomic E-state index is 10.6. The normalized spacial score (nSPS) is 18.8. The van der Waals surface area contributed by atoms with Crippen LogP contribution in [0.2, 0.25) is 0 Å². The Morgan fingerprint density at radius 1 is 1.19 bits per heavy atom. The standard InChI is InChI=1S/C10H19ClO4S/c11-16(12,13)9-3-1-2-6-15-10-4-7-14-8-5-10/h10H,1-9H2. The molecule has 0 amide bonds. The Morgan fingerprint density at radius 2 is 1.88 bits per heavy atom. The first-order chi connectivity index (χ1) is 7.58. The van der Waals surface area contributed by atoms with Crippen LogP contribution in [0.25, 0.3) is 0 Å². The van der Waals surface area contributed by atoms with Crippen molar-refractivity contribution in [2.45, 2.75) is 38.2 Å². The molecule has 6 heteroatoms. The van der Waals surface area contributed by atoms with Crippen LogP contribution in [-0.2, 0) is 18.5 Å². The van der Waals surface area contributed by atoms with Crippen molar-refractivity contribution in [3.63, 3.8) is 0 Å². The van der Waals surface area contributed by atoms with Gasteiger partial charge in [-0.3, -0.25) is 0 Å². The zero-order valence-corrected chi connectivity index (χ0v) is 10.9. The monoisotopic (exact) mass is 270 g/mol. The van der Waals surface area contributed by atoms with Gasteiger partial charge in [-0.2, -0.15) is 0 Å². The summed E-state index contributed by atoms with van der Waals surface area (Å²) >= 11 is 0. The summed E-state index contributed by atoms with van der Waals surface area (Å²) < 4.78 is 32.1. The second-order valence-electron chi connectivity index (χ2n) is 3.99. The number of hydrogen-bond donors (Lipinski definition) is 0. The first-order valence-corrected chi connectivity index (χ1v) is 8.17. The highest BCUT2D eigenvalue weighted by molar-refractivity contribution is 8.13. The van der Waals surface area contributed by atoms with E-state index in [2.05, 4.69) is 0 Å². The van der Waals surface area contributed by atoms with Crippen molar-refractivity contribution in [1.29, 1.82) is 0 Å². The van der Waals surface area contributed by atoms with Gasteiger partial charge in [0, 0.05) is 30.5 Å². The molecule has 1 saturated heterocycles. The molecule has 0 radical (unpaired) electrons. The molecular formula is C10H19ClO4S. The second kappa shape index (κ2) is 7.48. The number of halogens is 1. The number of unbranched alkanes of at least 4 members (excludes halogenated alkanes) is 2. The van der Waals surface area contributed by atoms with Crippen molar-refractivity contribution in [3.8, 4) is 0 Å². The van der Waals surface area contributed by atoms with Gasteiger partial charge in [-0.05, 0) is 25.7 Å². The fraction of sp³-hybridized carbons (Fsp3) is 1.00. The van der Waals surface area contributed by atoms with E-state index in [4.69, 9.17) is 20.2 Å². The smallest absolute Gasteiger partial charge is 0.232 e. The predicted molar refractivity (Wildman–Crippen MR) is 63.3 cm³/mol. The molecule has 0 aromatic heterocycles. The fourth-order valence-corrected chi connectivity index (χ4v) is 2.52. The quantitative estimate of drug-likeness (QED) is 0.524. The zero-order chi connectivity index (χ0) is 11.9. The van der Waals surface area contributed by atoms with Crippen LogP contribution in [0.4, 0.5) is 0 Å². The second-order valence-corrected chi connectivity index (χ2v) is 6.88. The molecule has 16 heavy (non-hydrogen) atoms. The maximum atomic E-state index is 10.6. The fourth-order valence-electron chi connectivity index (χ4n) is 1.65. The minimum Gasteiger partial charge on any atom is -0.381 e. The Morgan fingerprint density at radius 3 is 2.50 bits per heavy atom. The number of rotatable bonds is 7. The molecule has 1 aliphatic heterocycles. The lowest BCUT2D eigenvalue weighted by Gasteiger charge is -2.22. The highest BCUT2D eigenvalue weighted by atomic mass is 35.7. The zero-order valence-electron chi connectivity index (χ0n) is 9.36. The molecule has 1 aliphatic rings. The first-order valence-electron chi connectivity index (χ1n) is 5.69. The highest BCUT2D eigenvalue weighted by Gasteiger charge is 2.13. The summed E-state index contributed by atoms with van der Waals surface area (Å²) in [6.45, 7) is 2.28. The van der Waals surface area contributed by atoms with Gasteiger partial charge in [-0.25, -0.2) is 8.42 Å². The van der Waals surface area contributed by atoms with Crippen LogP contribution in [0.1, 0.15) is 32.1 Å². The number of ether oxygens (including phenoxy) is 2. The Bertz CT molecular complexity index is 273. The Balaban J connectivity index is 1.91. The van der Waals surface area contributed by atoms with E-state index in [0.717, 1.165) is 38.9 Å². The molecule has 0 aromatic carbocycles.